The molecule has 0 amide bonds. The van der Waals surface area contributed by atoms with Crippen molar-refractivity contribution in [3.8, 4) is 5.88 Å². The molecule has 116 valence electrons. The van der Waals surface area contributed by atoms with Crippen LogP contribution in [0.5, 0.6) is 5.88 Å². The average Bonchev–Trinajstić information content (AvgIpc) is 2.87. The molecule has 1 atom stereocenters. The van der Waals surface area contributed by atoms with Crippen molar-refractivity contribution in [2.75, 3.05) is 6.61 Å². The first kappa shape index (κ1) is 13.7. The Morgan fingerprint density at radius 3 is 2.91 bits per heavy atom. The van der Waals surface area contributed by atoms with E-state index in [0.29, 0.717) is 24.6 Å². The zero-order chi connectivity index (χ0) is 14.8. The topological polar surface area (TPSA) is 56.1 Å². The fourth-order valence-corrected chi connectivity index (χ4v) is 3.32. The normalized spacial score (nSPS) is 22.6. The molecule has 0 N–H and O–H groups in total. The van der Waals surface area contributed by atoms with E-state index in [-0.39, 0.29) is 0 Å². The fourth-order valence-electron chi connectivity index (χ4n) is 3.32. The third kappa shape index (κ3) is 2.70. The van der Waals surface area contributed by atoms with Crippen LogP contribution in [0, 0.1) is 0 Å². The van der Waals surface area contributed by atoms with Crippen LogP contribution in [-0.4, -0.2) is 43.3 Å². The van der Waals surface area contributed by atoms with Gasteiger partial charge >= 0.3 is 0 Å². The summed E-state index contributed by atoms with van der Waals surface area (Å²) < 4.78 is 8.01. The summed E-state index contributed by atoms with van der Waals surface area (Å²) in [4.78, 5) is 10.9. The quantitative estimate of drug-likeness (QED) is 0.863. The molecule has 0 bridgehead atoms. The van der Waals surface area contributed by atoms with Crippen molar-refractivity contribution in [3.05, 3.63) is 36.5 Å². The van der Waals surface area contributed by atoms with E-state index in [2.05, 4.69) is 30.7 Å². The van der Waals surface area contributed by atoms with Crippen molar-refractivity contribution in [2.24, 2.45) is 0 Å². The summed E-state index contributed by atoms with van der Waals surface area (Å²) in [6.45, 7) is 2.60. The smallest absolute Gasteiger partial charge is 0.232 e. The van der Waals surface area contributed by atoms with E-state index in [1.54, 1.807) is 18.6 Å². The highest BCUT2D eigenvalue weighted by Gasteiger charge is 2.33. The molecular weight excluding hydrogens is 278 g/mol. The molecule has 2 aromatic rings. The minimum atomic E-state index is 0.411. The van der Waals surface area contributed by atoms with Gasteiger partial charge in [0, 0.05) is 43.8 Å². The van der Waals surface area contributed by atoms with Crippen LogP contribution in [0.15, 0.2) is 30.9 Å². The van der Waals surface area contributed by atoms with Crippen LogP contribution in [0.2, 0.25) is 0 Å². The molecule has 1 unspecified atom stereocenters. The minimum absolute atomic E-state index is 0.411. The fraction of sp³-hybridized carbons (Fsp3) is 0.562. The molecule has 0 aromatic carbocycles. The SMILES string of the molecule is c1cnc(OCC2CCn3nccc3CN2C2CCC2)cn1. The molecule has 4 rings (SSSR count). The van der Waals surface area contributed by atoms with Crippen molar-refractivity contribution >= 4 is 0 Å². The van der Waals surface area contributed by atoms with Crippen molar-refractivity contribution < 1.29 is 4.74 Å². The molecule has 1 aliphatic heterocycles. The standard InChI is InChI=1S/C16H21N5O/c1-2-13(3-1)20-11-14-4-6-19-21(14)9-5-15(20)12-22-16-10-17-7-8-18-16/h4,6-8,10,13,15H,1-3,5,9,11-12H2. The second-order valence-corrected chi connectivity index (χ2v) is 6.10. The van der Waals surface area contributed by atoms with E-state index in [9.17, 15) is 0 Å². The van der Waals surface area contributed by atoms with E-state index in [0.717, 1.165) is 19.5 Å². The summed E-state index contributed by atoms with van der Waals surface area (Å²) in [6.07, 6.45) is 11.9. The van der Waals surface area contributed by atoms with Gasteiger partial charge < -0.3 is 4.74 Å². The van der Waals surface area contributed by atoms with E-state index < -0.39 is 0 Å². The van der Waals surface area contributed by atoms with E-state index in [4.69, 9.17) is 4.74 Å². The maximum Gasteiger partial charge on any atom is 0.232 e. The molecule has 0 saturated heterocycles. The maximum atomic E-state index is 5.88. The minimum Gasteiger partial charge on any atom is -0.475 e. The second kappa shape index (κ2) is 6.04. The Kier molecular flexibility index (Phi) is 3.76. The van der Waals surface area contributed by atoms with Gasteiger partial charge in [-0.1, -0.05) is 6.42 Å². The largest absolute Gasteiger partial charge is 0.475 e. The summed E-state index contributed by atoms with van der Waals surface area (Å²) in [6, 6.07) is 3.24. The third-order valence-electron chi connectivity index (χ3n) is 4.80. The highest BCUT2D eigenvalue weighted by Crippen LogP contribution is 2.30. The lowest BCUT2D eigenvalue weighted by Gasteiger charge is -2.41. The molecule has 0 spiro atoms. The number of fused-ring (bicyclic) bond motifs is 1. The summed E-state index contributed by atoms with van der Waals surface area (Å²) in [5, 5.41) is 4.43. The van der Waals surface area contributed by atoms with E-state index >= 15 is 0 Å². The van der Waals surface area contributed by atoms with Crippen LogP contribution in [-0.2, 0) is 13.1 Å². The lowest BCUT2D eigenvalue weighted by Crippen LogP contribution is -2.48. The van der Waals surface area contributed by atoms with Crippen LogP contribution in [0.25, 0.3) is 0 Å². The Labute approximate surface area is 130 Å². The molecule has 1 aliphatic carbocycles. The molecule has 6 nitrogen and oxygen atoms in total. The van der Waals surface area contributed by atoms with Crippen LogP contribution in [0.4, 0.5) is 0 Å². The molecule has 2 aromatic heterocycles. The highest BCUT2D eigenvalue weighted by molar-refractivity contribution is 5.05. The maximum absolute atomic E-state index is 5.88. The van der Waals surface area contributed by atoms with Crippen LogP contribution in [0.3, 0.4) is 0 Å². The van der Waals surface area contributed by atoms with Gasteiger partial charge in [0.05, 0.1) is 11.9 Å². The van der Waals surface area contributed by atoms with Crippen LogP contribution in [0.1, 0.15) is 31.4 Å². The number of nitrogens with zero attached hydrogens (tertiary/aromatic N) is 5. The van der Waals surface area contributed by atoms with E-state index in [1.807, 2.05) is 6.20 Å². The Bertz CT molecular complexity index is 610. The molecule has 3 heterocycles. The summed E-state index contributed by atoms with van der Waals surface area (Å²) in [5.74, 6) is 0.609. The zero-order valence-corrected chi connectivity index (χ0v) is 12.6. The predicted octanol–water partition coefficient (Wildman–Crippen LogP) is 1.88. The Hall–Kier alpha value is -1.95. The van der Waals surface area contributed by atoms with Crippen molar-refractivity contribution in [2.45, 2.75) is 50.9 Å². The lowest BCUT2D eigenvalue weighted by molar-refractivity contribution is 0.0437. The van der Waals surface area contributed by atoms with Crippen LogP contribution < -0.4 is 4.74 Å². The van der Waals surface area contributed by atoms with Gasteiger partial charge in [-0.2, -0.15) is 5.10 Å². The third-order valence-corrected chi connectivity index (χ3v) is 4.80. The molecule has 1 fully saturated rings. The number of aromatic nitrogens is 4. The Morgan fingerprint density at radius 2 is 2.14 bits per heavy atom. The van der Waals surface area contributed by atoms with E-state index in [1.165, 1.54) is 25.0 Å². The number of ether oxygens (including phenoxy) is 1. The van der Waals surface area contributed by atoms with Gasteiger partial charge in [-0.3, -0.25) is 14.6 Å². The van der Waals surface area contributed by atoms with Gasteiger partial charge in [-0.05, 0) is 25.3 Å². The summed E-state index contributed by atoms with van der Waals surface area (Å²) in [7, 11) is 0. The molecular formula is C16H21N5O. The molecule has 1 saturated carbocycles. The number of hydrogen-bond acceptors (Lipinski definition) is 5. The zero-order valence-electron chi connectivity index (χ0n) is 12.6. The van der Waals surface area contributed by atoms with Gasteiger partial charge in [0.15, 0.2) is 0 Å². The monoisotopic (exact) mass is 299 g/mol. The Balaban J connectivity index is 1.48. The number of hydrogen-bond donors (Lipinski definition) is 0. The van der Waals surface area contributed by atoms with Gasteiger partial charge in [-0.25, -0.2) is 4.98 Å². The van der Waals surface area contributed by atoms with Gasteiger partial charge in [0.2, 0.25) is 5.88 Å². The number of rotatable bonds is 4. The highest BCUT2D eigenvalue weighted by atomic mass is 16.5. The van der Waals surface area contributed by atoms with Gasteiger partial charge in [0.25, 0.3) is 0 Å². The predicted molar refractivity (Wildman–Crippen MR) is 81.3 cm³/mol. The van der Waals surface area contributed by atoms with Gasteiger partial charge in [0.1, 0.15) is 6.61 Å². The summed E-state index contributed by atoms with van der Waals surface area (Å²) in [5.41, 5.74) is 1.31. The molecule has 2 aliphatic rings. The molecule has 0 radical (unpaired) electrons. The number of aryl methyl sites for hydroxylation is 1. The van der Waals surface area contributed by atoms with Crippen LogP contribution >= 0.6 is 0 Å². The van der Waals surface area contributed by atoms with Gasteiger partial charge in [-0.15, -0.1) is 0 Å². The first-order valence-electron chi connectivity index (χ1n) is 8.05. The van der Waals surface area contributed by atoms with Crippen molar-refractivity contribution in [1.29, 1.82) is 0 Å². The molecule has 6 heteroatoms. The first-order valence-corrected chi connectivity index (χ1v) is 8.05. The first-order chi connectivity index (χ1) is 10.9. The van der Waals surface area contributed by atoms with Crippen molar-refractivity contribution in [3.63, 3.8) is 0 Å². The molecule has 22 heavy (non-hydrogen) atoms. The lowest BCUT2D eigenvalue weighted by atomic mass is 9.90. The van der Waals surface area contributed by atoms with Crippen molar-refractivity contribution in [1.82, 2.24) is 24.6 Å². The summed E-state index contributed by atoms with van der Waals surface area (Å²) >= 11 is 0. The second-order valence-electron chi connectivity index (χ2n) is 6.10. The average molecular weight is 299 g/mol. The Morgan fingerprint density at radius 1 is 1.18 bits per heavy atom.